The fourth-order valence-electron chi connectivity index (χ4n) is 3.53. The van der Waals surface area contributed by atoms with Gasteiger partial charge in [0.15, 0.2) is 5.13 Å². The maximum absolute atomic E-state index is 13.9. The Morgan fingerprint density at radius 1 is 1.21 bits per heavy atom. The van der Waals surface area contributed by atoms with Crippen LogP contribution in [-0.2, 0) is 11.2 Å². The lowest BCUT2D eigenvalue weighted by Gasteiger charge is -2.31. The summed E-state index contributed by atoms with van der Waals surface area (Å²) in [6.45, 7) is 1.93. The van der Waals surface area contributed by atoms with Gasteiger partial charge in [-0.2, -0.15) is 0 Å². The molecule has 1 amide bonds. The average molecular weight is 401 g/mol. The predicted molar refractivity (Wildman–Crippen MR) is 108 cm³/mol. The average Bonchev–Trinajstić information content (AvgIpc) is 3.15. The first kappa shape index (κ1) is 18.8. The van der Waals surface area contributed by atoms with Crippen LogP contribution in [0.1, 0.15) is 18.4 Å². The molecule has 0 spiro atoms. The molecule has 1 fully saturated rings. The summed E-state index contributed by atoms with van der Waals surface area (Å²) >= 11 is 1.46. The van der Waals surface area contributed by atoms with Crippen LogP contribution in [0.2, 0.25) is 0 Å². The summed E-state index contributed by atoms with van der Waals surface area (Å²) in [5, 5.41) is 3.75. The Morgan fingerprint density at radius 3 is 2.82 bits per heavy atom. The number of rotatable bonds is 5. The molecule has 1 saturated heterocycles. The van der Waals surface area contributed by atoms with Crippen molar-refractivity contribution >= 4 is 32.6 Å². The summed E-state index contributed by atoms with van der Waals surface area (Å²) in [6, 6.07) is 11.3. The van der Waals surface area contributed by atoms with Gasteiger partial charge in [0.2, 0.25) is 5.91 Å². The molecule has 0 bridgehead atoms. The number of piperidine rings is 1. The number of benzene rings is 2. The van der Waals surface area contributed by atoms with Crippen molar-refractivity contribution in [2.24, 2.45) is 5.92 Å². The Hall–Kier alpha value is -2.54. The zero-order valence-corrected chi connectivity index (χ0v) is 16.1. The van der Waals surface area contributed by atoms with Gasteiger partial charge >= 0.3 is 0 Å². The molecule has 1 aliphatic heterocycles. The Labute approximate surface area is 166 Å². The number of carbonyl (C=O) groups is 1. The maximum Gasteiger partial charge on any atom is 0.224 e. The minimum absolute atomic E-state index is 0.0269. The van der Waals surface area contributed by atoms with E-state index in [-0.39, 0.29) is 23.5 Å². The number of aromatic nitrogens is 1. The molecule has 28 heavy (non-hydrogen) atoms. The highest BCUT2D eigenvalue weighted by atomic mass is 32.1. The number of carbonyl (C=O) groups excluding carboxylic acids is 1. The molecule has 3 aromatic rings. The van der Waals surface area contributed by atoms with Gasteiger partial charge in [0.05, 0.1) is 10.6 Å². The number of para-hydroxylation sites is 1. The lowest BCUT2D eigenvalue weighted by Crippen LogP contribution is -2.43. The van der Waals surface area contributed by atoms with Crippen molar-refractivity contribution in [3.05, 3.63) is 59.7 Å². The number of anilines is 1. The fourth-order valence-corrected chi connectivity index (χ4v) is 4.54. The van der Waals surface area contributed by atoms with E-state index in [1.807, 2.05) is 6.07 Å². The van der Waals surface area contributed by atoms with Crippen molar-refractivity contribution in [2.45, 2.75) is 19.3 Å². The number of hydrogen-bond acceptors (Lipinski definition) is 4. The van der Waals surface area contributed by atoms with E-state index >= 15 is 0 Å². The molecule has 0 saturated carbocycles. The topological polar surface area (TPSA) is 45.2 Å². The van der Waals surface area contributed by atoms with Gasteiger partial charge < -0.3 is 10.2 Å². The highest BCUT2D eigenvalue weighted by Gasteiger charge is 2.27. The second-order valence-electron chi connectivity index (χ2n) is 7.04. The molecule has 4 nitrogen and oxygen atoms in total. The molecule has 2 heterocycles. The van der Waals surface area contributed by atoms with Crippen LogP contribution in [0.5, 0.6) is 0 Å². The Morgan fingerprint density at radius 2 is 2.04 bits per heavy atom. The van der Waals surface area contributed by atoms with Gasteiger partial charge in [0, 0.05) is 19.6 Å². The quantitative estimate of drug-likeness (QED) is 0.699. The van der Waals surface area contributed by atoms with Crippen LogP contribution in [0.4, 0.5) is 13.9 Å². The monoisotopic (exact) mass is 401 g/mol. The zero-order chi connectivity index (χ0) is 19.5. The molecular weight excluding hydrogens is 380 g/mol. The van der Waals surface area contributed by atoms with E-state index in [1.54, 1.807) is 18.2 Å². The van der Waals surface area contributed by atoms with E-state index < -0.39 is 0 Å². The first-order valence-corrected chi connectivity index (χ1v) is 10.2. The minimum atomic E-state index is -0.313. The van der Waals surface area contributed by atoms with Crippen molar-refractivity contribution in [1.29, 1.82) is 0 Å². The molecule has 2 aromatic carbocycles. The van der Waals surface area contributed by atoms with Crippen LogP contribution in [0, 0.1) is 17.6 Å². The Balaban J connectivity index is 1.35. The zero-order valence-electron chi connectivity index (χ0n) is 15.3. The summed E-state index contributed by atoms with van der Waals surface area (Å²) in [5.74, 6) is -0.658. The number of fused-ring (bicyclic) bond motifs is 1. The van der Waals surface area contributed by atoms with Crippen LogP contribution < -0.4 is 10.2 Å². The summed E-state index contributed by atoms with van der Waals surface area (Å²) in [7, 11) is 0. The highest BCUT2D eigenvalue weighted by molar-refractivity contribution is 7.22. The third-order valence-electron chi connectivity index (χ3n) is 5.05. The normalized spacial score (nSPS) is 17.1. The molecule has 4 rings (SSSR count). The molecule has 1 N–H and O–H groups in total. The fraction of sp³-hybridized carbons (Fsp3) is 0.333. The largest absolute Gasteiger partial charge is 0.355 e. The number of halogens is 2. The number of amides is 1. The molecule has 7 heteroatoms. The first-order chi connectivity index (χ1) is 13.6. The predicted octanol–water partition coefficient (Wildman–Crippen LogP) is 4.15. The van der Waals surface area contributed by atoms with E-state index in [9.17, 15) is 13.6 Å². The third-order valence-corrected chi connectivity index (χ3v) is 6.13. The van der Waals surface area contributed by atoms with E-state index in [0.29, 0.717) is 25.0 Å². The first-order valence-electron chi connectivity index (χ1n) is 9.42. The van der Waals surface area contributed by atoms with E-state index in [4.69, 9.17) is 0 Å². The van der Waals surface area contributed by atoms with Crippen molar-refractivity contribution in [2.75, 3.05) is 24.5 Å². The van der Waals surface area contributed by atoms with Gasteiger partial charge in [-0.05, 0) is 49.1 Å². The molecule has 1 atom stereocenters. The van der Waals surface area contributed by atoms with Gasteiger partial charge in [-0.25, -0.2) is 13.8 Å². The molecule has 1 unspecified atom stereocenters. The van der Waals surface area contributed by atoms with E-state index in [1.165, 1.54) is 29.5 Å². The lowest BCUT2D eigenvalue weighted by molar-refractivity contribution is -0.125. The van der Waals surface area contributed by atoms with Crippen molar-refractivity contribution in [3.63, 3.8) is 0 Å². The number of hydrogen-bond donors (Lipinski definition) is 1. The number of nitrogens with zero attached hydrogens (tertiary/aromatic N) is 2. The second kappa shape index (κ2) is 8.22. The van der Waals surface area contributed by atoms with Crippen LogP contribution in [0.25, 0.3) is 10.2 Å². The van der Waals surface area contributed by atoms with Crippen LogP contribution in [0.15, 0.2) is 42.5 Å². The number of thiazole rings is 1. The van der Waals surface area contributed by atoms with Gasteiger partial charge in [-0.15, -0.1) is 0 Å². The molecule has 1 aliphatic rings. The highest BCUT2D eigenvalue weighted by Crippen LogP contribution is 2.32. The summed E-state index contributed by atoms with van der Waals surface area (Å²) in [6.07, 6.45) is 2.40. The van der Waals surface area contributed by atoms with Crippen molar-refractivity contribution in [3.8, 4) is 0 Å². The van der Waals surface area contributed by atoms with Crippen LogP contribution in [0.3, 0.4) is 0 Å². The van der Waals surface area contributed by atoms with Gasteiger partial charge in [-0.3, -0.25) is 4.79 Å². The summed E-state index contributed by atoms with van der Waals surface area (Å²) in [4.78, 5) is 19.1. The van der Waals surface area contributed by atoms with Crippen molar-refractivity contribution < 1.29 is 13.6 Å². The van der Waals surface area contributed by atoms with Crippen LogP contribution >= 0.6 is 11.3 Å². The van der Waals surface area contributed by atoms with E-state index in [0.717, 1.165) is 34.8 Å². The standard InChI is InChI=1S/C21H21F2N3OS/c22-16-8-6-14(7-9-16)10-11-24-20(27)15-3-2-12-26(13-15)21-25-19-17(23)4-1-5-18(19)28-21/h1,4-9,15H,2-3,10-13H2,(H,24,27). The maximum atomic E-state index is 13.9. The van der Waals surface area contributed by atoms with E-state index in [2.05, 4.69) is 15.2 Å². The van der Waals surface area contributed by atoms with Gasteiger partial charge in [0.25, 0.3) is 0 Å². The minimum Gasteiger partial charge on any atom is -0.355 e. The smallest absolute Gasteiger partial charge is 0.224 e. The van der Waals surface area contributed by atoms with Gasteiger partial charge in [0.1, 0.15) is 17.2 Å². The van der Waals surface area contributed by atoms with Crippen molar-refractivity contribution in [1.82, 2.24) is 10.3 Å². The molecule has 0 aliphatic carbocycles. The Bertz CT molecular complexity index is 973. The van der Waals surface area contributed by atoms with Gasteiger partial charge in [-0.1, -0.05) is 29.5 Å². The molecule has 0 radical (unpaired) electrons. The lowest BCUT2D eigenvalue weighted by atomic mass is 9.97. The molecule has 146 valence electrons. The Kier molecular flexibility index (Phi) is 5.52. The summed E-state index contributed by atoms with van der Waals surface area (Å²) in [5.41, 5.74) is 1.39. The second-order valence-corrected chi connectivity index (χ2v) is 8.04. The van der Waals surface area contributed by atoms with Crippen LogP contribution in [-0.4, -0.2) is 30.5 Å². The molecular formula is C21H21F2N3OS. The number of nitrogens with one attached hydrogen (secondary N) is 1. The third kappa shape index (κ3) is 4.14. The SMILES string of the molecule is O=C(NCCc1ccc(F)cc1)C1CCCN(c2nc3c(F)cccc3s2)C1. The summed E-state index contributed by atoms with van der Waals surface area (Å²) < 4.78 is 27.7. The molecule has 1 aromatic heterocycles.